The fraction of sp³-hybridized carbons (Fsp3) is 0.500. The van der Waals surface area contributed by atoms with Crippen LogP contribution in [-0.2, 0) is 0 Å². The zero-order valence-corrected chi connectivity index (χ0v) is 11.3. The molecule has 2 unspecified atom stereocenters. The molecule has 1 heterocycles. The molecule has 2 aromatic rings. The molecular weight excluding hydrogens is 241 g/mol. The first kappa shape index (κ1) is 12.7. The second-order valence-corrected chi connectivity index (χ2v) is 5.45. The average Bonchev–Trinajstić information content (AvgIpc) is 2.82. The molecule has 1 fully saturated rings. The van der Waals surface area contributed by atoms with Crippen molar-refractivity contribution in [3.05, 3.63) is 35.8 Å². The summed E-state index contributed by atoms with van der Waals surface area (Å²) in [5.41, 5.74) is 0.793. The molecule has 0 aliphatic heterocycles. The molecule has 0 saturated heterocycles. The highest BCUT2D eigenvalue weighted by atomic mass is 19.1. The molecule has 0 bridgehead atoms. The lowest BCUT2D eigenvalue weighted by atomic mass is 9.84. The Kier molecular flexibility index (Phi) is 3.56. The molecule has 1 aromatic carbocycles. The molecule has 1 aliphatic rings. The topological polar surface area (TPSA) is 25.2 Å². The Morgan fingerprint density at radius 3 is 3.05 bits per heavy atom. The average molecular weight is 261 g/mol. The van der Waals surface area contributed by atoms with Crippen LogP contribution in [0.1, 0.15) is 44.3 Å². The molecule has 2 nitrogen and oxygen atoms in total. The highest BCUT2D eigenvalue weighted by Gasteiger charge is 2.25. The maximum Gasteiger partial charge on any atom is 0.134 e. The summed E-state index contributed by atoms with van der Waals surface area (Å²) in [7, 11) is 0. The Balaban J connectivity index is 1.83. The molecule has 2 atom stereocenters. The fourth-order valence-electron chi connectivity index (χ4n) is 3.16. The van der Waals surface area contributed by atoms with Gasteiger partial charge in [0.1, 0.15) is 17.2 Å². The fourth-order valence-corrected chi connectivity index (χ4v) is 3.16. The lowest BCUT2D eigenvalue weighted by Gasteiger charge is -2.28. The summed E-state index contributed by atoms with van der Waals surface area (Å²) >= 11 is 0. The Morgan fingerprint density at radius 2 is 2.21 bits per heavy atom. The van der Waals surface area contributed by atoms with E-state index in [0.717, 1.165) is 29.7 Å². The standard InChI is InChI=1S/C16H20FNO/c1-2-18-14-5-3-4-11(9-14)16-10-12-8-13(17)6-7-15(12)19-16/h6-8,10-11,14,18H,2-5,9H2,1H3. The molecule has 3 rings (SSSR count). The van der Waals surface area contributed by atoms with Crippen LogP contribution in [0.4, 0.5) is 4.39 Å². The smallest absolute Gasteiger partial charge is 0.134 e. The minimum atomic E-state index is -0.200. The van der Waals surface area contributed by atoms with Crippen molar-refractivity contribution in [3.8, 4) is 0 Å². The largest absolute Gasteiger partial charge is 0.461 e. The van der Waals surface area contributed by atoms with E-state index < -0.39 is 0 Å². The van der Waals surface area contributed by atoms with Crippen molar-refractivity contribution in [2.75, 3.05) is 6.54 Å². The Labute approximate surface area is 113 Å². The van der Waals surface area contributed by atoms with E-state index in [-0.39, 0.29) is 5.82 Å². The number of rotatable bonds is 3. The van der Waals surface area contributed by atoms with E-state index in [1.165, 1.54) is 25.3 Å². The normalized spacial score (nSPS) is 23.9. The number of furan rings is 1. The molecule has 3 heteroatoms. The van der Waals surface area contributed by atoms with E-state index in [9.17, 15) is 4.39 Å². The number of hydrogen-bond acceptors (Lipinski definition) is 2. The minimum Gasteiger partial charge on any atom is -0.461 e. The minimum absolute atomic E-state index is 0.200. The summed E-state index contributed by atoms with van der Waals surface area (Å²) < 4.78 is 19.1. The van der Waals surface area contributed by atoms with E-state index >= 15 is 0 Å². The van der Waals surface area contributed by atoms with Crippen molar-refractivity contribution >= 4 is 11.0 Å². The first-order valence-corrected chi connectivity index (χ1v) is 7.18. The van der Waals surface area contributed by atoms with Crippen molar-refractivity contribution in [2.45, 2.75) is 44.6 Å². The molecule has 1 aromatic heterocycles. The highest BCUT2D eigenvalue weighted by molar-refractivity contribution is 5.78. The predicted molar refractivity (Wildman–Crippen MR) is 74.8 cm³/mol. The van der Waals surface area contributed by atoms with E-state index in [2.05, 4.69) is 12.2 Å². The van der Waals surface area contributed by atoms with Crippen LogP contribution in [0, 0.1) is 5.82 Å². The van der Waals surface area contributed by atoms with Gasteiger partial charge >= 0.3 is 0 Å². The van der Waals surface area contributed by atoms with Crippen LogP contribution in [0.5, 0.6) is 0 Å². The highest BCUT2D eigenvalue weighted by Crippen LogP contribution is 2.35. The molecule has 19 heavy (non-hydrogen) atoms. The van der Waals surface area contributed by atoms with Gasteiger partial charge in [-0.1, -0.05) is 13.3 Å². The number of halogens is 1. The van der Waals surface area contributed by atoms with Gasteiger partial charge in [-0.2, -0.15) is 0 Å². The number of fused-ring (bicyclic) bond motifs is 1. The van der Waals surface area contributed by atoms with Crippen LogP contribution in [0.3, 0.4) is 0 Å². The summed E-state index contributed by atoms with van der Waals surface area (Å²) in [6.45, 7) is 3.16. The molecular formula is C16H20FNO. The van der Waals surface area contributed by atoms with E-state index in [4.69, 9.17) is 4.42 Å². The van der Waals surface area contributed by atoms with Gasteiger partial charge in [-0.25, -0.2) is 4.39 Å². The van der Waals surface area contributed by atoms with Crippen LogP contribution in [0.15, 0.2) is 28.7 Å². The van der Waals surface area contributed by atoms with Crippen LogP contribution in [0.2, 0.25) is 0 Å². The van der Waals surface area contributed by atoms with Gasteiger partial charge in [-0.15, -0.1) is 0 Å². The van der Waals surface area contributed by atoms with Crippen LogP contribution in [0.25, 0.3) is 11.0 Å². The molecule has 0 amide bonds. The van der Waals surface area contributed by atoms with Crippen molar-refractivity contribution in [1.29, 1.82) is 0 Å². The Hall–Kier alpha value is -1.35. The van der Waals surface area contributed by atoms with E-state index in [0.29, 0.717) is 12.0 Å². The summed E-state index contributed by atoms with van der Waals surface area (Å²) in [6.07, 6.45) is 4.77. The van der Waals surface area contributed by atoms with Gasteiger partial charge in [0.2, 0.25) is 0 Å². The second kappa shape index (κ2) is 5.33. The summed E-state index contributed by atoms with van der Waals surface area (Å²) in [5, 5.41) is 4.40. The zero-order valence-electron chi connectivity index (χ0n) is 11.3. The lowest BCUT2D eigenvalue weighted by Crippen LogP contribution is -2.33. The Bertz CT molecular complexity index is 561. The summed E-state index contributed by atoms with van der Waals surface area (Å²) in [4.78, 5) is 0. The van der Waals surface area contributed by atoms with Gasteiger partial charge in [0.25, 0.3) is 0 Å². The quantitative estimate of drug-likeness (QED) is 0.895. The lowest BCUT2D eigenvalue weighted by molar-refractivity contribution is 0.317. The summed E-state index contributed by atoms with van der Waals surface area (Å²) in [6, 6.07) is 7.33. The van der Waals surface area contributed by atoms with Crippen LogP contribution < -0.4 is 5.32 Å². The number of hydrogen-bond donors (Lipinski definition) is 1. The maximum absolute atomic E-state index is 13.2. The van der Waals surface area contributed by atoms with Crippen LogP contribution >= 0.6 is 0 Å². The number of nitrogens with one attached hydrogen (secondary N) is 1. The van der Waals surface area contributed by atoms with Gasteiger partial charge in [-0.3, -0.25) is 0 Å². The third-order valence-corrected chi connectivity index (χ3v) is 4.07. The van der Waals surface area contributed by atoms with Crippen molar-refractivity contribution in [1.82, 2.24) is 5.32 Å². The Morgan fingerprint density at radius 1 is 1.32 bits per heavy atom. The van der Waals surface area contributed by atoms with Crippen molar-refractivity contribution in [3.63, 3.8) is 0 Å². The maximum atomic E-state index is 13.2. The molecule has 1 saturated carbocycles. The first-order valence-electron chi connectivity index (χ1n) is 7.18. The van der Waals surface area contributed by atoms with E-state index in [1.807, 2.05) is 6.07 Å². The third-order valence-electron chi connectivity index (χ3n) is 4.07. The van der Waals surface area contributed by atoms with E-state index in [1.54, 1.807) is 12.1 Å². The van der Waals surface area contributed by atoms with Gasteiger partial charge in [-0.05, 0) is 50.1 Å². The molecule has 102 valence electrons. The molecule has 1 aliphatic carbocycles. The monoisotopic (exact) mass is 261 g/mol. The molecule has 1 N–H and O–H groups in total. The van der Waals surface area contributed by atoms with Crippen molar-refractivity contribution < 1.29 is 8.81 Å². The zero-order chi connectivity index (χ0) is 13.2. The third kappa shape index (κ3) is 2.66. The van der Waals surface area contributed by atoms with Crippen LogP contribution in [-0.4, -0.2) is 12.6 Å². The summed E-state index contributed by atoms with van der Waals surface area (Å²) in [5.74, 6) is 1.28. The van der Waals surface area contributed by atoms with Gasteiger partial charge in [0, 0.05) is 17.3 Å². The molecule has 0 spiro atoms. The number of benzene rings is 1. The molecule has 0 radical (unpaired) electrons. The SMILES string of the molecule is CCNC1CCCC(c2cc3cc(F)ccc3o2)C1. The second-order valence-electron chi connectivity index (χ2n) is 5.45. The van der Waals surface area contributed by atoms with Gasteiger partial charge in [0.15, 0.2) is 0 Å². The predicted octanol–water partition coefficient (Wildman–Crippen LogP) is 4.21. The van der Waals surface area contributed by atoms with Crippen molar-refractivity contribution in [2.24, 2.45) is 0 Å². The van der Waals surface area contributed by atoms with Gasteiger partial charge in [0.05, 0.1) is 0 Å². The van der Waals surface area contributed by atoms with Gasteiger partial charge < -0.3 is 9.73 Å². The first-order chi connectivity index (χ1) is 9.26.